The average Bonchev–Trinajstić information content (AvgIpc) is 2.82. The first kappa shape index (κ1) is 22.3. The van der Waals surface area contributed by atoms with E-state index < -0.39 is 23.4 Å². The zero-order valence-electron chi connectivity index (χ0n) is 17.5. The summed E-state index contributed by atoms with van der Waals surface area (Å²) in [4.78, 5) is 2.62. The molecule has 0 saturated heterocycles. The number of rotatable bonds is 6. The molecule has 0 heterocycles. The SMILES string of the molecule is CC1C(S(=O)(=O)c2ccccc2)C=C(Sc2ccccc2)CC[C@H]1O[Si](C)(C)C. The standard InChI is InChI=1S/C23H30O3S2Si/c1-18-22(26-29(2,3)4)16-15-20(27-19-11-7-5-8-12-19)17-23(18)28(24,25)21-13-9-6-10-14-21/h5-14,17-18,22-23H,15-16H2,1-4H3/t18?,22-,23?/m1/s1. The van der Waals surface area contributed by atoms with Crippen molar-refractivity contribution in [2.45, 2.75) is 60.6 Å². The van der Waals surface area contributed by atoms with Crippen LogP contribution in [-0.2, 0) is 14.3 Å². The zero-order valence-corrected chi connectivity index (χ0v) is 20.2. The molecular formula is C23H30O3S2Si. The van der Waals surface area contributed by atoms with Crippen molar-refractivity contribution in [3.8, 4) is 0 Å². The first-order valence-electron chi connectivity index (χ1n) is 10.1. The van der Waals surface area contributed by atoms with Crippen LogP contribution >= 0.6 is 11.8 Å². The van der Waals surface area contributed by atoms with Gasteiger partial charge in [0.15, 0.2) is 18.2 Å². The number of allylic oxidation sites excluding steroid dienone is 1. The Morgan fingerprint density at radius 3 is 2.14 bits per heavy atom. The summed E-state index contributed by atoms with van der Waals surface area (Å²) in [5.74, 6) is -0.110. The fourth-order valence-electron chi connectivity index (χ4n) is 3.66. The van der Waals surface area contributed by atoms with Crippen LogP contribution in [0.15, 0.2) is 81.4 Å². The van der Waals surface area contributed by atoms with Crippen LogP contribution < -0.4 is 0 Å². The van der Waals surface area contributed by atoms with Crippen molar-refractivity contribution in [1.82, 2.24) is 0 Å². The third-order valence-corrected chi connectivity index (χ3v) is 9.39. The molecule has 0 saturated carbocycles. The van der Waals surface area contributed by atoms with Crippen molar-refractivity contribution < 1.29 is 12.8 Å². The summed E-state index contributed by atoms with van der Waals surface area (Å²) in [6, 6.07) is 19.0. The lowest BCUT2D eigenvalue weighted by Crippen LogP contribution is -2.40. The summed E-state index contributed by atoms with van der Waals surface area (Å²) >= 11 is 1.67. The molecule has 6 heteroatoms. The van der Waals surface area contributed by atoms with Crippen LogP contribution in [0, 0.1) is 5.92 Å². The van der Waals surface area contributed by atoms with Crippen molar-refractivity contribution in [3.05, 3.63) is 71.6 Å². The Kier molecular flexibility index (Phi) is 7.09. The number of sulfone groups is 1. The summed E-state index contributed by atoms with van der Waals surface area (Å²) in [5, 5.41) is -0.597. The molecule has 156 valence electrons. The van der Waals surface area contributed by atoms with Crippen molar-refractivity contribution >= 4 is 29.9 Å². The van der Waals surface area contributed by atoms with E-state index in [2.05, 4.69) is 31.8 Å². The van der Waals surface area contributed by atoms with E-state index in [0.29, 0.717) is 4.90 Å². The summed E-state index contributed by atoms with van der Waals surface area (Å²) in [6.07, 6.45) is 3.60. The maximum Gasteiger partial charge on any atom is 0.185 e. The van der Waals surface area contributed by atoms with Crippen LogP contribution in [-0.4, -0.2) is 28.1 Å². The molecule has 0 spiro atoms. The highest BCUT2D eigenvalue weighted by atomic mass is 32.2. The lowest BCUT2D eigenvalue weighted by Gasteiger charge is -2.32. The third kappa shape index (κ3) is 5.84. The molecule has 0 fully saturated rings. The predicted octanol–water partition coefficient (Wildman–Crippen LogP) is 6.16. The topological polar surface area (TPSA) is 43.4 Å². The Hall–Kier alpha value is -1.34. The maximum absolute atomic E-state index is 13.6. The Bertz CT molecular complexity index is 935. The molecule has 0 radical (unpaired) electrons. The normalized spacial score (nSPS) is 23.3. The molecule has 0 aromatic heterocycles. The molecule has 0 bridgehead atoms. The van der Waals surface area contributed by atoms with E-state index in [0.717, 1.165) is 22.6 Å². The maximum atomic E-state index is 13.6. The minimum absolute atomic E-state index is 0.0599. The van der Waals surface area contributed by atoms with Crippen molar-refractivity contribution in [3.63, 3.8) is 0 Å². The number of thioether (sulfide) groups is 1. The molecule has 1 aliphatic carbocycles. The lowest BCUT2D eigenvalue weighted by atomic mass is 10.00. The molecule has 29 heavy (non-hydrogen) atoms. The summed E-state index contributed by atoms with van der Waals surface area (Å²) in [7, 11) is -5.30. The predicted molar refractivity (Wildman–Crippen MR) is 124 cm³/mol. The second-order valence-electron chi connectivity index (χ2n) is 8.54. The first-order valence-corrected chi connectivity index (χ1v) is 15.8. The van der Waals surface area contributed by atoms with Crippen LogP contribution in [0.1, 0.15) is 19.8 Å². The Morgan fingerprint density at radius 1 is 0.966 bits per heavy atom. The van der Waals surface area contributed by atoms with Gasteiger partial charge in [-0.1, -0.05) is 61.2 Å². The lowest BCUT2D eigenvalue weighted by molar-refractivity contribution is 0.131. The first-order chi connectivity index (χ1) is 13.7. The molecular weight excluding hydrogens is 416 g/mol. The minimum atomic E-state index is -3.50. The van der Waals surface area contributed by atoms with E-state index in [1.807, 2.05) is 37.3 Å². The van der Waals surface area contributed by atoms with E-state index in [9.17, 15) is 8.42 Å². The molecule has 2 unspecified atom stereocenters. The fourth-order valence-corrected chi connectivity index (χ4v) is 7.95. The second-order valence-corrected chi connectivity index (χ2v) is 16.3. The highest BCUT2D eigenvalue weighted by molar-refractivity contribution is 8.03. The molecule has 0 amide bonds. The summed E-state index contributed by atoms with van der Waals surface area (Å²) < 4.78 is 33.6. The fraction of sp³-hybridized carbons (Fsp3) is 0.391. The average molecular weight is 447 g/mol. The van der Waals surface area contributed by atoms with Gasteiger partial charge in [-0.05, 0) is 61.7 Å². The molecule has 1 aliphatic rings. The molecule has 3 nitrogen and oxygen atoms in total. The van der Waals surface area contributed by atoms with Crippen LogP contribution in [0.5, 0.6) is 0 Å². The van der Waals surface area contributed by atoms with E-state index in [1.165, 1.54) is 0 Å². The van der Waals surface area contributed by atoms with E-state index in [1.54, 1.807) is 36.0 Å². The van der Waals surface area contributed by atoms with Gasteiger partial charge in [0.2, 0.25) is 0 Å². The number of hydrogen-bond acceptors (Lipinski definition) is 4. The Labute approximate surface area is 180 Å². The van der Waals surface area contributed by atoms with Gasteiger partial charge in [0.1, 0.15) is 0 Å². The number of benzene rings is 2. The quantitative estimate of drug-likeness (QED) is 0.499. The Balaban J connectivity index is 1.99. The molecule has 2 aromatic carbocycles. The largest absolute Gasteiger partial charge is 0.414 e. The highest BCUT2D eigenvalue weighted by Crippen LogP contribution is 2.39. The third-order valence-electron chi connectivity index (χ3n) is 5.06. The summed E-state index contributed by atoms with van der Waals surface area (Å²) in [5.41, 5.74) is 0. The number of hydrogen-bond donors (Lipinski definition) is 0. The molecule has 3 rings (SSSR count). The van der Waals surface area contributed by atoms with E-state index in [4.69, 9.17) is 4.43 Å². The zero-order chi connectivity index (χ0) is 21.1. The van der Waals surface area contributed by atoms with Crippen molar-refractivity contribution in [1.29, 1.82) is 0 Å². The molecule has 0 aliphatic heterocycles. The van der Waals surface area contributed by atoms with Crippen molar-refractivity contribution in [2.75, 3.05) is 0 Å². The van der Waals surface area contributed by atoms with Gasteiger partial charge in [-0.15, -0.1) is 0 Å². The summed E-state index contributed by atoms with van der Waals surface area (Å²) in [6.45, 7) is 8.53. The molecule has 0 N–H and O–H groups in total. The molecule has 3 atom stereocenters. The van der Waals surface area contributed by atoms with Gasteiger partial charge < -0.3 is 4.43 Å². The van der Waals surface area contributed by atoms with E-state index in [-0.39, 0.29) is 12.0 Å². The highest BCUT2D eigenvalue weighted by Gasteiger charge is 2.39. The Morgan fingerprint density at radius 2 is 1.55 bits per heavy atom. The second kappa shape index (κ2) is 9.21. The van der Waals surface area contributed by atoms with Gasteiger partial charge in [-0.3, -0.25) is 0 Å². The van der Waals surface area contributed by atoms with Gasteiger partial charge in [0.05, 0.1) is 10.1 Å². The van der Waals surface area contributed by atoms with Gasteiger partial charge >= 0.3 is 0 Å². The monoisotopic (exact) mass is 446 g/mol. The van der Waals surface area contributed by atoms with Gasteiger partial charge in [0.25, 0.3) is 0 Å². The van der Waals surface area contributed by atoms with Crippen LogP contribution in [0.4, 0.5) is 0 Å². The van der Waals surface area contributed by atoms with Crippen LogP contribution in [0.3, 0.4) is 0 Å². The molecule has 2 aromatic rings. The van der Waals surface area contributed by atoms with Gasteiger partial charge in [0, 0.05) is 16.9 Å². The van der Waals surface area contributed by atoms with E-state index >= 15 is 0 Å². The van der Waals surface area contributed by atoms with Crippen LogP contribution in [0.25, 0.3) is 0 Å². The van der Waals surface area contributed by atoms with Gasteiger partial charge in [-0.2, -0.15) is 0 Å². The minimum Gasteiger partial charge on any atom is -0.414 e. The van der Waals surface area contributed by atoms with Crippen LogP contribution in [0.2, 0.25) is 19.6 Å². The smallest absolute Gasteiger partial charge is 0.185 e. The van der Waals surface area contributed by atoms with Gasteiger partial charge in [-0.25, -0.2) is 8.42 Å². The van der Waals surface area contributed by atoms with Crippen molar-refractivity contribution in [2.24, 2.45) is 5.92 Å².